The summed E-state index contributed by atoms with van der Waals surface area (Å²) in [4.78, 5) is 13.3. The van der Waals surface area contributed by atoms with Gasteiger partial charge in [-0.1, -0.05) is 44.5 Å². The van der Waals surface area contributed by atoms with E-state index in [-0.39, 0.29) is 12.0 Å². The molecule has 0 heterocycles. The van der Waals surface area contributed by atoms with Gasteiger partial charge in [-0.05, 0) is 57.6 Å². The quantitative estimate of drug-likeness (QED) is 0.643. The first-order valence-corrected chi connectivity index (χ1v) is 10.6. The molecule has 1 fully saturated rings. The number of amides is 1. The second-order valence-electron chi connectivity index (χ2n) is 8.08. The van der Waals surface area contributed by atoms with Gasteiger partial charge in [0.15, 0.2) is 0 Å². The number of anilines is 1. The van der Waals surface area contributed by atoms with Crippen molar-refractivity contribution in [1.82, 2.24) is 0 Å². The van der Waals surface area contributed by atoms with E-state index in [1.54, 1.807) is 0 Å². The van der Waals surface area contributed by atoms with Crippen LogP contribution in [0.15, 0.2) is 36.4 Å². The van der Waals surface area contributed by atoms with Crippen molar-refractivity contribution in [1.29, 1.82) is 0 Å². The van der Waals surface area contributed by atoms with Crippen LogP contribution in [0.4, 0.5) is 5.69 Å². The Hall–Kier alpha value is -2.07. The average Bonchev–Trinajstić information content (AvgIpc) is 2.69. The summed E-state index contributed by atoms with van der Waals surface area (Å²) in [6.07, 6.45) is 4.84. The second kappa shape index (κ2) is 8.95. The fraction of sp³-hybridized carbons (Fsp3) is 0.542. The minimum atomic E-state index is -0.723. The first-order chi connectivity index (χ1) is 13.5. The lowest BCUT2D eigenvalue weighted by atomic mass is 9.78. The van der Waals surface area contributed by atoms with Crippen LogP contribution < -0.4 is 10.1 Å². The summed E-state index contributed by atoms with van der Waals surface area (Å²) >= 11 is 0. The van der Waals surface area contributed by atoms with Crippen molar-refractivity contribution in [3.05, 3.63) is 36.4 Å². The molecular weight excluding hydrogens is 350 g/mol. The topological polar surface area (TPSA) is 47.6 Å². The maximum atomic E-state index is 13.3. The van der Waals surface area contributed by atoms with Gasteiger partial charge in [-0.2, -0.15) is 0 Å². The van der Waals surface area contributed by atoms with Gasteiger partial charge in [-0.25, -0.2) is 0 Å². The first-order valence-electron chi connectivity index (χ1n) is 10.6. The maximum Gasteiger partial charge on any atom is 0.256 e. The highest BCUT2D eigenvalue weighted by molar-refractivity contribution is 6.06. The third kappa shape index (κ3) is 4.33. The van der Waals surface area contributed by atoms with E-state index in [1.165, 1.54) is 0 Å². The monoisotopic (exact) mass is 383 g/mol. The zero-order valence-electron chi connectivity index (χ0n) is 17.6. The molecule has 2 aromatic carbocycles. The number of rotatable bonds is 7. The zero-order valence-corrected chi connectivity index (χ0v) is 17.6. The summed E-state index contributed by atoms with van der Waals surface area (Å²) in [5.41, 5.74) is 0.0915. The standard InChI is InChI=1S/C24H33NO3/c1-5-18(4)28-22-14-13-21(19-11-7-8-12-20(19)22)25-23(26)24(27-6-2)15-9-10-17(3)16-24/h7-8,11-14,17-18H,5-6,9-10,15-16H2,1-4H3,(H,25,26). The van der Waals surface area contributed by atoms with E-state index in [2.05, 4.69) is 26.1 Å². The second-order valence-corrected chi connectivity index (χ2v) is 8.08. The van der Waals surface area contributed by atoms with Crippen molar-refractivity contribution in [2.75, 3.05) is 11.9 Å². The third-order valence-corrected chi connectivity index (χ3v) is 5.83. The number of benzene rings is 2. The fourth-order valence-corrected chi connectivity index (χ4v) is 4.20. The van der Waals surface area contributed by atoms with Crippen LogP contribution in [-0.2, 0) is 9.53 Å². The lowest BCUT2D eigenvalue weighted by molar-refractivity contribution is -0.147. The normalized spacial score (nSPS) is 23.4. The summed E-state index contributed by atoms with van der Waals surface area (Å²) in [5.74, 6) is 1.32. The van der Waals surface area contributed by atoms with Gasteiger partial charge in [0.25, 0.3) is 5.91 Å². The number of hydrogen-bond donors (Lipinski definition) is 1. The van der Waals surface area contributed by atoms with Crippen molar-refractivity contribution in [3.63, 3.8) is 0 Å². The van der Waals surface area contributed by atoms with E-state index >= 15 is 0 Å². The van der Waals surface area contributed by atoms with E-state index in [4.69, 9.17) is 9.47 Å². The Morgan fingerprint density at radius 2 is 1.96 bits per heavy atom. The smallest absolute Gasteiger partial charge is 0.256 e. The molecule has 2 aromatic rings. The predicted octanol–water partition coefficient (Wildman–Crippen LogP) is 5.94. The Kier molecular flexibility index (Phi) is 6.61. The van der Waals surface area contributed by atoms with Crippen LogP contribution in [0.1, 0.15) is 59.8 Å². The molecule has 1 aliphatic carbocycles. The average molecular weight is 384 g/mol. The molecular formula is C24H33NO3. The Morgan fingerprint density at radius 3 is 2.64 bits per heavy atom. The summed E-state index contributed by atoms with van der Waals surface area (Å²) < 4.78 is 12.1. The number of carbonyl (C=O) groups is 1. The molecule has 0 saturated heterocycles. The van der Waals surface area contributed by atoms with Gasteiger partial charge in [-0.3, -0.25) is 4.79 Å². The molecule has 4 heteroatoms. The lowest BCUT2D eigenvalue weighted by Crippen LogP contribution is -2.48. The van der Waals surface area contributed by atoms with Crippen molar-refractivity contribution in [2.24, 2.45) is 5.92 Å². The van der Waals surface area contributed by atoms with Gasteiger partial charge >= 0.3 is 0 Å². The molecule has 1 N–H and O–H groups in total. The van der Waals surface area contributed by atoms with E-state index in [1.807, 2.05) is 43.3 Å². The Balaban J connectivity index is 1.91. The van der Waals surface area contributed by atoms with Crippen LogP contribution in [0.2, 0.25) is 0 Å². The Bertz CT molecular complexity index is 815. The van der Waals surface area contributed by atoms with Crippen LogP contribution in [-0.4, -0.2) is 24.2 Å². The van der Waals surface area contributed by atoms with Crippen molar-refractivity contribution >= 4 is 22.4 Å². The molecule has 0 aliphatic heterocycles. The summed E-state index contributed by atoms with van der Waals surface area (Å²) in [7, 11) is 0. The summed E-state index contributed by atoms with van der Waals surface area (Å²) in [6.45, 7) is 8.89. The number of ether oxygens (including phenoxy) is 2. The molecule has 1 aliphatic rings. The molecule has 3 rings (SSSR count). The van der Waals surface area contributed by atoms with Crippen LogP contribution in [0, 0.1) is 5.92 Å². The number of nitrogens with one attached hydrogen (secondary N) is 1. The molecule has 28 heavy (non-hydrogen) atoms. The zero-order chi connectivity index (χ0) is 20.1. The number of hydrogen-bond acceptors (Lipinski definition) is 3. The molecule has 0 aromatic heterocycles. The van der Waals surface area contributed by atoms with Crippen LogP contribution >= 0.6 is 0 Å². The molecule has 152 valence electrons. The molecule has 1 amide bonds. The van der Waals surface area contributed by atoms with Gasteiger partial charge in [0.2, 0.25) is 0 Å². The number of carbonyl (C=O) groups excluding carboxylic acids is 1. The van der Waals surface area contributed by atoms with Gasteiger partial charge < -0.3 is 14.8 Å². The van der Waals surface area contributed by atoms with Gasteiger partial charge in [0.05, 0.1) is 6.10 Å². The molecule has 3 atom stereocenters. The molecule has 4 nitrogen and oxygen atoms in total. The highest BCUT2D eigenvalue weighted by Gasteiger charge is 2.42. The van der Waals surface area contributed by atoms with Gasteiger partial charge in [0, 0.05) is 23.1 Å². The lowest BCUT2D eigenvalue weighted by Gasteiger charge is -2.38. The van der Waals surface area contributed by atoms with Crippen LogP contribution in [0.5, 0.6) is 5.75 Å². The van der Waals surface area contributed by atoms with Crippen LogP contribution in [0.25, 0.3) is 10.8 Å². The maximum absolute atomic E-state index is 13.3. The highest BCUT2D eigenvalue weighted by Crippen LogP contribution is 2.38. The molecule has 0 radical (unpaired) electrons. The minimum absolute atomic E-state index is 0.0263. The molecule has 0 spiro atoms. The Labute approximate surface area is 168 Å². The van der Waals surface area contributed by atoms with E-state index < -0.39 is 5.60 Å². The van der Waals surface area contributed by atoms with Gasteiger partial charge in [0.1, 0.15) is 11.4 Å². The SMILES string of the molecule is CCOC1(C(=O)Nc2ccc(OC(C)CC)c3ccccc23)CCCC(C)C1. The van der Waals surface area contributed by atoms with E-state index in [0.29, 0.717) is 12.5 Å². The van der Waals surface area contributed by atoms with E-state index in [9.17, 15) is 4.79 Å². The third-order valence-electron chi connectivity index (χ3n) is 5.83. The molecule has 1 saturated carbocycles. The summed E-state index contributed by atoms with van der Waals surface area (Å²) in [6, 6.07) is 12.0. The Morgan fingerprint density at radius 1 is 1.21 bits per heavy atom. The van der Waals surface area contributed by atoms with Crippen molar-refractivity contribution in [3.8, 4) is 5.75 Å². The molecule has 3 unspecified atom stereocenters. The highest BCUT2D eigenvalue weighted by atomic mass is 16.5. The van der Waals surface area contributed by atoms with Crippen molar-refractivity contribution in [2.45, 2.75) is 71.5 Å². The van der Waals surface area contributed by atoms with E-state index in [0.717, 1.165) is 54.3 Å². The fourth-order valence-electron chi connectivity index (χ4n) is 4.20. The molecule has 0 bridgehead atoms. The predicted molar refractivity (Wildman–Crippen MR) is 115 cm³/mol. The first kappa shape index (κ1) is 20.7. The minimum Gasteiger partial charge on any atom is -0.490 e. The largest absolute Gasteiger partial charge is 0.490 e. The number of fused-ring (bicyclic) bond motifs is 1. The van der Waals surface area contributed by atoms with Gasteiger partial charge in [-0.15, -0.1) is 0 Å². The summed E-state index contributed by atoms with van der Waals surface area (Å²) in [5, 5.41) is 5.19. The van der Waals surface area contributed by atoms with Crippen LogP contribution in [0.3, 0.4) is 0 Å². The van der Waals surface area contributed by atoms with Crippen molar-refractivity contribution < 1.29 is 14.3 Å².